The van der Waals surface area contributed by atoms with E-state index < -0.39 is 44.0 Å². The number of rotatable bonds is 8. The van der Waals surface area contributed by atoms with Crippen molar-refractivity contribution in [3.8, 4) is 0 Å². The van der Waals surface area contributed by atoms with Crippen LogP contribution in [0.2, 0.25) is 5.22 Å². The zero-order chi connectivity index (χ0) is 16.9. The Labute approximate surface area is 130 Å². The fraction of sp³-hybridized carbons (Fsp3) is 0.455. The minimum absolute atomic E-state index is 0.182. The molecule has 0 fully saturated rings. The Kier molecular flexibility index (Phi) is 6.33. The second kappa shape index (κ2) is 7.56. The molecule has 1 atom stereocenters. The van der Waals surface area contributed by atoms with Crippen molar-refractivity contribution in [2.75, 3.05) is 6.54 Å². The van der Waals surface area contributed by atoms with Crippen LogP contribution in [0.4, 0.5) is 3.89 Å². The Hall–Kier alpha value is -1.65. The van der Waals surface area contributed by atoms with Crippen LogP contribution in [-0.4, -0.2) is 38.0 Å². The summed E-state index contributed by atoms with van der Waals surface area (Å²) in [6, 6.07) is -0.273. The van der Waals surface area contributed by atoms with E-state index in [1.807, 2.05) is 0 Å². The zero-order valence-electron chi connectivity index (χ0n) is 11.2. The van der Waals surface area contributed by atoms with Gasteiger partial charge in [-0.05, 0) is 30.9 Å². The largest absolute Gasteiger partial charge is 0.480 e. The molecule has 0 spiro atoms. The highest BCUT2D eigenvalue weighted by molar-refractivity contribution is 7.86. The number of aliphatic carboxylic acids is 1. The molecule has 1 aromatic heterocycles. The summed E-state index contributed by atoms with van der Waals surface area (Å²) in [5.74, 6) is -2.31. The third-order valence-corrected chi connectivity index (χ3v) is 3.91. The van der Waals surface area contributed by atoms with Gasteiger partial charge in [-0.2, -0.15) is 8.42 Å². The summed E-state index contributed by atoms with van der Waals surface area (Å²) >= 11 is 5.39. The minimum Gasteiger partial charge on any atom is -0.480 e. The topological polar surface area (TPSA) is 140 Å². The van der Waals surface area contributed by atoms with E-state index in [1.54, 1.807) is 0 Å². The van der Waals surface area contributed by atoms with Crippen LogP contribution < -0.4 is 11.1 Å². The van der Waals surface area contributed by atoms with Gasteiger partial charge in [0, 0.05) is 12.6 Å². The highest BCUT2D eigenvalue weighted by Crippen LogP contribution is 2.26. The van der Waals surface area contributed by atoms with Crippen molar-refractivity contribution < 1.29 is 31.4 Å². The molecule has 0 aromatic carbocycles. The van der Waals surface area contributed by atoms with Crippen molar-refractivity contribution in [1.82, 2.24) is 5.32 Å². The van der Waals surface area contributed by atoms with Gasteiger partial charge < -0.3 is 20.6 Å². The number of halogens is 2. The van der Waals surface area contributed by atoms with Crippen molar-refractivity contribution in [3.63, 3.8) is 0 Å². The molecule has 0 radical (unpaired) electrons. The van der Waals surface area contributed by atoms with Gasteiger partial charge in [0.1, 0.15) is 6.04 Å². The quantitative estimate of drug-likeness (QED) is 0.464. The molecule has 1 amide bonds. The third kappa shape index (κ3) is 5.28. The summed E-state index contributed by atoms with van der Waals surface area (Å²) in [7, 11) is -5.07. The molecule has 124 valence electrons. The molecule has 4 N–H and O–H groups in total. The molecular weight excluding hydrogens is 343 g/mol. The number of unbranched alkanes of at least 4 members (excludes halogenated alkanes) is 1. The van der Waals surface area contributed by atoms with E-state index in [1.165, 1.54) is 0 Å². The van der Waals surface area contributed by atoms with Crippen LogP contribution in [0.3, 0.4) is 0 Å². The summed E-state index contributed by atoms with van der Waals surface area (Å²) in [5, 5.41) is 10.2. The van der Waals surface area contributed by atoms with Gasteiger partial charge in [-0.25, -0.2) is 0 Å². The van der Waals surface area contributed by atoms with Crippen LogP contribution >= 0.6 is 11.6 Å². The SMILES string of the molecule is NC(CCCCNC(=O)c1cc(S(=O)(=O)F)c(Cl)o1)C(=O)O. The number of carbonyl (C=O) groups is 2. The van der Waals surface area contributed by atoms with E-state index >= 15 is 0 Å². The van der Waals surface area contributed by atoms with Crippen LogP contribution in [0, 0.1) is 0 Å². The first-order valence-corrected chi connectivity index (χ1v) is 7.89. The smallest absolute Gasteiger partial charge is 0.336 e. The molecule has 1 heterocycles. The third-order valence-electron chi connectivity index (χ3n) is 2.69. The maximum atomic E-state index is 12.8. The van der Waals surface area contributed by atoms with Gasteiger partial charge in [-0.3, -0.25) is 9.59 Å². The van der Waals surface area contributed by atoms with Crippen molar-refractivity contribution >= 4 is 33.7 Å². The molecule has 11 heteroatoms. The Morgan fingerprint density at radius 1 is 1.45 bits per heavy atom. The highest BCUT2D eigenvalue weighted by atomic mass is 35.5. The second-order valence-corrected chi connectivity index (χ2v) is 6.04. The fourth-order valence-corrected chi connectivity index (χ4v) is 2.43. The number of nitrogens with one attached hydrogen (secondary N) is 1. The summed E-state index contributed by atoms with van der Waals surface area (Å²) in [4.78, 5) is 21.2. The van der Waals surface area contributed by atoms with Gasteiger partial charge in [-0.15, -0.1) is 3.89 Å². The normalized spacial score (nSPS) is 12.9. The summed E-state index contributed by atoms with van der Waals surface area (Å²) in [6.45, 7) is 0.182. The van der Waals surface area contributed by atoms with E-state index in [0.717, 1.165) is 0 Å². The molecule has 0 aliphatic carbocycles. The van der Waals surface area contributed by atoms with Crippen LogP contribution in [0.25, 0.3) is 0 Å². The lowest BCUT2D eigenvalue weighted by molar-refractivity contribution is -0.138. The Morgan fingerprint density at radius 2 is 2.09 bits per heavy atom. The van der Waals surface area contributed by atoms with Gasteiger partial charge in [-0.1, -0.05) is 0 Å². The van der Waals surface area contributed by atoms with Crippen molar-refractivity contribution in [2.45, 2.75) is 30.2 Å². The summed E-state index contributed by atoms with van der Waals surface area (Å²) in [6.07, 6.45) is 1.17. The maximum absolute atomic E-state index is 12.8. The van der Waals surface area contributed by atoms with Crippen molar-refractivity contribution in [2.24, 2.45) is 5.73 Å². The summed E-state index contributed by atoms with van der Waals surface area (Å²) in [5.41, 5.74) is 5.30. The Morgan fingerprint density at radius 3 is 2.59 bits per heavy atom. The molecule has 1 rings (SSSR count). The standard InChI is InChI=1S/C11H14ClFN2O6S/c12-9-8(22(13,19)20)5-7(21-9)10(16)15-4-2-1-3-6(14)11(17)18/h5-6H,1-4,14H2,(H,15,16)(H,17,18). The van der Waals surface area contributed by atoms with Crippen molar-refractivity contribution in [3.05, 3.63) is 17.0 Å². The van der Waals surface area contributed by atoms with Crippen LogP contribution in [0.5, 0.6) is 0 Å². The number of carboxylic acid groups (broad SMARTS) is 1. The van der Waals surface area contributed by atoms with Crippen molar-refractivity contribution in [1.29, 1.82) is 0 Å². The molecule has 8 nitrogen and oxygen atoms in total. The average molecular weight is 357 g/mol. The van der Waals surface area contributed by atoms with E-state index in [-0.39, 0.29) is 13.0 Å². The number of amides is 1. The predicted octanol–water partition coefficient (Wildman–Crippen LogP) is 0.903. The van der Waals surface area contributed by atoms with Gasteiger partial charge >= 0.3 is 16.2 Å². The van der Waals surface area contributed by atoms with Gasteiger partial charge in [0.2, 0.25) is 5.22 Å². The predicted molar refractivity (Wildman–Crippen MR) is 73.8 cm³/mol. The lowest BCUT2D eigenvalue weighted by atomic mass is 10.1. The molecule has 1 aromatic rings. The molecule has 0 saturated carbocycles. The molecule has 22 heavy (non-hydrogen) atoms. The first-order chi connectivity index (χ1) is 10.1. The van der Waals surface area contributed by atoms with Crippen LogP contribution in [-0.2, 0) is 15.0 Å². The van der Waals surface area contributed by atoms with Gasteiger partial charge in [0.05, 0.1) is 0 Å². The second-order valence-electron chi connectivity index (χ2n) is 4.38. The van der Waals surface area contributed by atoms with E-state index in [9.17, 15) is 21.9 Å². The number of hydrogen-bond donors (Lipinski definition) is 3. The Bertz CT molecular complexity index is 660. The average Bonchev–Trinajstić information content (AvgIpc) is 2.79. The number of carbonyl (C=O) groups excluding carboxylic acids is 1. The van der Waals surface area contributed by atoms with Gasteiger partial charge in [0.15, 0.2) is 10.7 Å². The molecular formula is C11H14ClFN2O6S. The number of furan rings is 1. The van der Waals surface area contributed by atoms with Gasteiger partial charge in [0.25, 0.3) is 5.91 Å². The van der Waals surface area contributed by atoms with E-state index in [4.69, 9.17) is 22.4 Å². The fourth-order valence-electron chi connectivity index (χ4n) is 1.53. The molecule has 0 aliphatic rings. The van der Waals surface area contributed by atoms with E-state index in [2.05, 4.69) is 9.73 Å². The van der Waals surface area contributed by atoms with Crippen LogP contribution in [0.15, 0.2) is 15.4 Å². The number of nitrogens with two attached hydrogens (primary N) is 1. The van der Waals surface area contributed by atoms with Crippen LogP contribution in [0.1, 0.15) is 29.8 Å². The summed E-state index contributed by atoms with van der Waals surface area (Å²) < 4.78 is 38.9. The molecule has 0 saturated heterocycles. The lowest BCUT2D eigenvalue weighted by Crippen LogP contribution is -2.30. The highest BCUT2D eigenvalue weighted by Gasteiger charge is 2.24. The number of carboxylic acids is 1. The Balaban J connectivity index is 2.45. The number of hydrogen-bond acceptors (Lipinski definition) is 6. The molecule has 1 unspecified atom stereocenters. The molecule has 0 bridgehead atoms. The zero-order valence-corrected chi connectivity index (χ0v) is 12.8. The molecule has 0 aliphatic heterocycles. The monoisotopic (exact) mass is 356 g/mol. The first-order valence-electron chi connectivity index (χ1n) is 6.13. The first kappa shape index (κ1) is 18.4. The lowest BCUT2D eigenvalue weighted by Gasteiger charge is -2.06. The van der Waals surface area contributed by atoms with E-state index in [0.29, 0.717) is 18.9 Å². The minimum atomic E-state index is -5.07. The maximum Gasteiger partial charge on any atom is 0.336 e.